The van der Waals surface area contributed by atoms with Crippen LogP contribution in [0.15, 0.2) is 24.3 Å². The molecule has 0 heterocycles. The molecule has 0 saturated heterocycles. The molecule has 0 bridgehead atoms. The van der Waals surface area contributed by atoms with Crippen LogP contribution in [0.5, 0.6) is 0 Å². The Morgan fingerprint density at radius 2 is 2.06 bits per heavy atom. The molecule has 2 nitrogen and oxygen atoms in total. The molecule has 1 aliphatic carbocycles. The molecule has 0 aromatic heterocycles. The van der Waals surface area contributed by atoms with E-state index in [0.29, 0.717) is 0 Å². The Kier molecular flexibility index (Phi) is 3.62. The van der Waals surface area contributed by atoms with Crippen molar-refractivity contribution >= 4 is 0 Å². The van der Waals surface area contributed by atoms with Crippen LogP contribution in [0.3, 0.4) is 0 Å². The molecule has 2 heteroatoms. The van der Waals surface area contributed by atoms with Crippen LogP contribution in [0.2, 0.25) is 0 Å². The lowest BCUT2D eigenvalue weighted by molar-refractivity contribution is 0.0311. The molecule has 1 aliphatic rings. The van der Waals surface area contributed by atoms with Crippen LogP contribution in [0.4, 0.5) is 0 Å². The van der Waals surface area contributed by atoms with Crippen LogP contribution in [0.25, 0.3) is 0 Å². The highest BCUT2D eigenvalue weighted by molar-refractivity contribution is 5.28. The minimum atomic E-state index is 0.0415. The topological polar surface area (TPSA) is 35.2 Å². The van der Waals surface area contributed by atoms with Gasteiger partial charge in [0.1, 0.15) is 0 Å². The first-order valence-electron chi connectivity index (χ1n) is 6.11. The Labute approximate surface area is 97.8 Å². The summed E-state index contributed by atoms with van der Waals surface area (Å²) in [6.07, 6.45) is 2.68. The van der Waals surface area contributed by atoms with Crippen LogP contribution in [-0.4, -0.2) is 12.6 Å². The summed E-state index contributed by atoms with van der Waals surface area (Å²) < 4.78 is 5.97. The number of benzene rings is 1. The van der Waals surface area contributed by atoms with E-state index in [9.17, 15) is 0 Å². The zero-order valence-electron chi connectivity index (χ0n) is 10.1. The van der Waals surface area contributed by atoms with Crippen molar-refractivity contribution in [3.8, 4) is 0 Å². The highest BCUT2D eigenvalue weighted by Crippen LogP contribution is 2.32. The average Bonchev–Trinajstić information content (AvgIpc) is 3.04. The average molecular weight is 219 g/mol. The van der Waals surface area contributed by atoms with E-state index in [1.165, 1.54) is 24.0 Å². The zero-order chi connectivity index (χ0) is 11.5. The Morgan fingerprint density at radius 1 is 1.38 bits per heavy atom. The summed E-state index contributed by atoms with van der Waals surface area (Å²) in [6, 6.07) is 8.39. The number of ether oxygens (including phenoxy) is 1. The lowest BCUT2D eigenvalue weighted by Gasteiger charge is -2.23. The van der Waals surface area contributed by atoms with Gasteiger partial charge in [-0.15, -0.1) is 0 Å². The van der Waals surface area contributed by atoms with Crippen molar-refractivity contribution in [3.05, 3.63) is 35.4 Å². The van der Waals surface area contributed by atoms with E-state index < -0.39 is 0 Å². The van der Waals surface area contributed by atoms with E-state index in [0.717, 1.165) is 12.5 Å². The van der Waals surface area contributed by atoms with Crippen molar-refractivity contribution in [2.24, 2.45) is 11.7 Å². The van der Waals surface area contributed by atoms with E-state index in [-0.39, 0.29) is 12.1 Å². The fourth-order valence-electron chi connectivity index (χ4n) is 1.96. The summed E-state index contributed by atoms with van der Waals surface area (Å²) in [4.78, 5) is 0. The second-order valence-corrected chi connectivity index (χ2v) is 4.91. The van der Waals surface area contributed by atoms with Crippen LogP contribution in [-0.2, 0) is 4.74 Å². The molecule has 2 rings (SSSR count). The summed E-state index contributed by atoms with van der Waals surface area (Å²) in [7, 11) is 0. The molecule has 2 atom stereocenters. The number of rotatable bonds is 5. The minimum Gasteiger partial charge on any atom is -0.372 e. The van der Waals surface area contributed by atoms with Gasteiger partial charge in [0.25, 0.3) is 0 Å². The fraction of sp³-hybridized carbons (Fsp3) is 0.571. The van der Waals surface area contributed by atoms with Gasteiger partial charge in [0.15, 0.2) is 0 Å². The summed E-state index contributed by atoms with van der Waals surface area (Å²) in [5.41, 5.74) is 8.52. The molecule has 88 valence electrons. The quantitative estimate of drug-likeness (QED) is 0.826. The number of nitrogens with two attached hydrogens (primary N) is 1. The third-order valence-corrected chi connectivity index (χ3v) is 3.18. The number of hydrogen-bond acceptors (Lipinski definition) is 2. The lowest BCUT2D eigenvalue weighted by Crippen LogP contribution is -2.28. The van der Waals surface area contributed by atoms with Crippen molar-refractivity contribution < 1.29 is 4.74 Å². The van der Waals surface area contributed by atoms with E-state index in [1.807, 2.05) is 6.92 Å². The van der Waals surface area contributed by atoms with Crippen molar-refractivity contribution in [1.29, 1.82) is 0 Å². The molecule has 1 saturated carbocycles. The van der Waals surface area contributed by atoms with Gasteiger partial charge in [0.2, 0.25) is 0 Å². The predicted molar refractivity (Wildman–Crippen MR) is 66.2 cm³/mol. The van der Waals surface area contributed by atoms with Gasteiger partial charge in [0.05, 0.1) is 12.7 Å². The zero-order valence-corrected chi connectivity index (χ0v) is 10.1. The molecule has 1 aromatic rings. The molecule has 0 radical (unpaired) electrons. The van der Waals surface area contributed by atoms with Gasteiger partial charge in [-0.25, -0.2) is 0 Å². The van der Waals surface area contributed by atoms with Gasteiger partial charge < -0.3 is 10.5 Å². The van der Waals surface area contributed by atoms with Gasteiger partial charge in [-0.3, -0.25) is 0 Å². The first-order valence-corrected chi connectivity index (χ1v) is 6.11. The Hall–Kier alpha value is -0.860. The third-order valence-electron chi connectivity index (χ3n) is 3.18. The first-order chi connectivity index (χ1) is 7.68. The number of aryl methyl sites for hydroxylation is 1. The second kappa shape index (κ2) is 4.98. The molecular weight excluding hydrogens is 198 g/mol. The molecule has 0 amide bonds. The van der Waals surface area contributed by atoms with Gasteiger partial charge in [-0.1, -0.05) is 24.3 Å². The highest BCUT2D eigenvalue weighted by atomic mass is 16.5. The molecule has 2 unspecified atom stereocenters. The van der Waals surface area contributed by atoms with Gasteiger partial charge in [0, 0.05) is 6.04 Å². The standard InChI is InChI=1S/C14H21NO/c1-10-5-3-4-6-13(10)14(11(2)15)16-9-12-7-8-12/h3-6,11-12,14H,7-9,15H2,1-2H3. The van der Waals surface area contributed by atoms with E-state index in [2.05, 4.69) is 31.2 Å². The van der Waals surface area contributed by atoms with Crippen molar-refractivity contribution in [2.75, 3.05) is 6.61 Å². The minimum absolute atomic E-state index is 0.0415. The molecule has 0 aliphatic heterocycles. The maximum Gasteiger partial charge on any atom is 0.0975 e. The van der Waals surface area contributed by atoms with E-state index in [4.69, 9.17) is 10.5 Å². The largest absolute Gasteiger partial charge is 0.372 e. The SMILES string of the molecule is Cc1ccccc1C(OCC1CC1)C(C)N. The van der Waals surface area contributed by atoms with Crippen molar-refractivity contribution in [1.82, 2.24) is 0 Å². The molecule has 1 aromatic carbocycles. The maximum absolute atomic E-state index is 6.02. The summed E-state index contributed by atoms with van der Waals surface area (Å²) in [5, 5.41) is 0. The summed E-state index contributed by atoms with van der Waals surface area (Å²) in [6.45, 7) is 5.00. The van der Waals surface area contributed by atoms with Gasteiger partial charge >= 0.3 is 0 Å². The van der Waals surface area contributed by atoms with E-state index in [1.54, 1.807) is 0 Å². The van der Waals surface area contributed by atoms with Gasteiger partial charge in [-0.05, 0) is 43.7 Å². The number of hydrogen-bond donors (Lipinski definition) is 1. The van der Waals surface area contributed by atoms with Gasteiger partial charge in [-0.2, -0.15) is 0 Å². The highest BCUT2D eigenvalue weighted by Gasteiger charge is 2.25. The van der Waals surface area contributed by atoms with Crippen LogP contribution in [0.1, 0.15) is 37.0 Å². The Morgan fingerprint density at radius 3 is 2.62 bits per heavy atom. The van der Waals surface area contributed by atoms with Crippen molar-refractivity contribution in [3.63, 3.8) is 0 Å². The van der Waals surface area contributed by atoms with Crippen LogP contribution < -0.4 is 5.73 Å². The molecule has 1 fully saturated rings. The maximum atomic E-state index is 6.02. The first kappa shape index (κ1) is 11.6. The molecule has 16 heavy (non-hydrogen) atoms. The van der Waals surface area contributed by atoms with Crippen LogP contribution >= 0.6 is 0 Å². The normalized spacial score (nSPS) is 19.4. The summed E-state index contributed by atoms with van der Waals surface area (Å²) in [5.74, 6) is 0.783. The Bertz CT molecular complexity index is 344. The Balaban J connectivity index is 2.08. The smallest absolute Gasteiger partial charge is 0.0975 e. The van der Waals surface area contributed by atoms with E-state index >= 15 is 0 Å². The molecule has 0 spiro atoms. The lowest BCUT2D eigenvalue weighted by atomic mass is 9.99. The van der Waals surface area contributed by atoms with Crippen molar-refractivity contribution in [2.45, 2.75) is 38.8 Å². The second-order valence-electron chi connectivity index (χ2n) is 4.91. The predicted octanol–water partition coefficient (Wildman–Crippen LogP) is 2.81. The fourth-order valence-corrected chi connectivity index (χ4v) is 1.96. The molecular formula is C14H21NO. The third kappa shape index (κ3) is 2.83. The summed E-state index contributed by atoms with van der Waals surface area (Å²) >= 11 is 0. The monoisotopic (exact) mass is 219 g/mol. The molecule has 2 N–H and O–H groups in total. The van der Waals surface area contributed by atoms with Crippen LogP contribution in [0, 0.1) is 12.8 Å².